The molecule has 0 saturated heterocycles. The van der Waals surface area contributed by atoms with Crippen LogP contribution in [0.5, 0.6) is 0 Å². The first-order chi connectivity index (χ1) is 5.65. The number of nitrogens with two attached hydrogens (primary N) is 1. The number of rotatable bonds is 2. The number of nitrogens with zero attached hydrogens (tertiary/aromatic N) is 1. The zero-order valence-electron chi connectivity index (χ0n) is 7.34. The van der Waals surface area contributed by atoms with Gasteiger partial charge < -0.3 is 5.73 Å². The van der Waals surface area contributed by atoms with Gasteiger partial charge in [0.15, 0.2) is 0 Å². The predicted molar refractivity (Wildman–Crippen MR) is 58.9 cm³/mol. The summed E-state index contributed by atoms with van der Waals surface area (Å²) in [4.78, 5) is 4.22. The Morgan fingerprint density at radius 1 is 1.67 bits per heavy atom. The summed E-state index contributed by atoms with van der Waals surface area (Å²) in [6, 6.07) is 2.19. The second-order valence-electron chi connectivity index (χ2n) is 2.88. The maximum Gasteiger partial charge on any atom is 0.101 e. The molecule has 0 aliphatic rings. The lowest BCUT2D eigenvalue weighted by Gasteiger charge is -2.11. The summed E-state index contributed by atoms with van der Waals surface area (Å²) in [5.41, 5.74) is 8.31. The molecule has 1 aromatic rings. The molecule has 1 aromatic heterocycles. The molecule has 0 radical (unpaired) electrons. The summed E-state index contributed by atoms with van der Waals surface area (Å²) in [7, 11) is 0. The summed E-state index contributed by atoms with van der Waals surface area (Å²) in [5, 5.41) is 0. The van der Waals surface area contributed by atoms with Gasteiger partial charge in [-0.3, -0.25) is 0 Å². The van der Waals surface area contributed by atoms with E-state index in [0.717, 1.165) is 15.7 Å². The van der Waals surface area contributed by atoms with E-state index in [4.69, 9.17) is 5.73 Å². The van der Waals surface area contributed by atoms with Crippen molar-refractivity contribution in [3.05, 3.63) is 27.1 Å². The number of hydrogen-bond acceptors (Lipinski definition) is 2. The van der Waals surface area contributed by atoms with Crippen LogP contribution in [0, 0.1) is 10.6 Å². The molecule has 66 valence electrons. The van der Waals surface area contributed by atoms with Crippen molar-refractivity contribution in [1.82, 2.24) is 4.98 Å². The Balaban J connectivity index is 3.01. The summed E-state index contributed by atoms with van der Waals surface area (Å²) in [6.07, 6.45) is 2.84. The van der Waals surface area contributed by atoms with Crippen molar-refractivity contribution in [3.63, 3.8) is 0 Å². The van der Waals surface area contributed by atoms with Crippen LogP contribution in [0.4, 0.5) is 0 Å². The van der Waals surface area contributed by atoms with Crippen molar-refractivity contribution < 1.29 is 0 Å². The lowest BCUT2D eigenvalue weighted by Crippen LogP contribution is -2.10. The SMILES string of the molecule is CC[C@@H](N)c1cnc(I)cc1C. The first kappa shape index (κ1) is 9.92. The molecule has 1 rings (SSSR count). The molecule has 3 heteroatoms. The van der Waals surface area contributed by atoms with Crippen LogP contribution in [-0.2, 0) is 0 Å². The van der Waals surface area contributed by atoms with Gasteiger partial charge in [-0.05, 0) is 53.1 Å². The Labute approximate surface area is 86.7 Å². The third-order valence-corrected chi connectivity index (χ3v) is 2.55. The molecule has 2 N–H and O–H groups in total. The number of aryl methyl sites for hydroxylation is 1. The molecule has 0 aliphatic heterocycles. The molecule has 0 aromatic carbocycles. The first-order valence-electron chi connectivity index (χ1n) is 4.02. The first-order valence-corrected chi connectivity index (χ1v) is 5.10. The van der Waals surface area contributed by atoms with Crippen molar-refractivity contribution in [3.8, 4) is 0 Å². The summed E-state index contributed by atoms with van der Waals surface area (Å²) in [5.74, 6) is 0. The molecule has 0 amide bonds. The highest BCUT2D eigenvalue weighted by Crippen LogP contribution is 2.18. The van der Waals surface area contributed by atoms with E-state index in [9.17, 15) is 0 Å². The molecule has 0 bridgehead atoms. The van der Waals surface area contributed by atoms with E-state index in [-0.39, 0.29) is 6.04 Å². The van der Waals surface area contributed by atoms with Crippen LogP contribution < -0.4 is 5.73 Å². The van der Waals surface area contributed by atoms with E-state index in [2.05, 4.69) is 47.5 Å². The minimum atomic E-state index is 0.134. The molecule has 12 heavy (non-hydrogen) atoms. The number of halogens is 1. The van der Waals surface area contributed by atoms with Gasteiger partial charge in [0.2, 0.25) is 0 Å². The van der Waals surface area contributed by atoms with Crippen LogP contribution in [-0.4, -0.2) is 4.98 Å². The fourth-order valence-electron chi connectivity index (χ4n) is 1.14. The largest absolute Gasteiger partial charge is 0.324 e. The van der Waals surface area contributed by atoms with E-state index in [1.807, 2.05) is 6.20 Å². The van der Waals surface area contributed by atoms with Gasteiger partial charge in [0.1, 0.15) is 3.70 Å². The Bertz CT molecular complexity index is 273. The van der Waals surface area contributed by atoms with Crippen LogP contribution in [0.25, 0.3) is 0 Å². The van der Waals surface area contributed by atoms with Gasteiger partial charge in [0, 0.05) is 12.2 Å². The Morgan fingerprint density at radius 2 is 2.33 bits per heavy atom. The summed E-state index contributed by atoms with van der Waals surface area (Å²) >= 11 is 2.21. The Morgan fingerprint density at radius 3 is 2.83 bits per heavy atom. The fourth-order valence-corrected chi connectivity index (χ4v) is 1.75. The maximum absolute atomic E-state index is 5.90. The number of pyridine rings is 1. The van der Waals surface area contributed by atoms with Crippen molar-refractivity contribution in [2.75, 3.05) is 0 Å². The molecular formula is C9H13IN2. The van der Waals surface area contributed by atoms with E-state index in [1.165, 1.54) is 5.56 Å². The van der Waals surface area contributed by atoms with Crippen LogP contribution in [0.2, 0.25) is 0 Å². The average Bonchev–Trinajstić information content (AvgIpc) is 2.03. The zero-order chi connectivity index (χ0) is 9.14. The van der Waals surface area contributed by atoms with E-state index in [0.29, 0.717) is 0 Å². The second-order valence-corrected chi connectivity index (χ2v) is 3.98. The van der Waals surface area contributed by atoms with Gasteiger partial charge in [-0.2, -0.15) is 0 Å². The summed E-state index contributed by atoms with van der Waals surface area (Å²) in [6.45, 7) is 4.16. The maximum atomic E-state index is 5.90. The second kappa shape index (κ2) is 4.18. The smallest absolute Gasteiger partial charge is 0.101 e. The molecule has 0 fully saturated rings. The average molecular weight is 276 g/mol. The van der Waals surface area contributed by atoms with Gasteiger partial charge in [0.05, 0.1) is 0 Å². The highest BCUT2D eigenvalue weighted by molar-refractivity contribution is 14.1. The minimum absolute atomic E-state index is 0.134. The Hall–Kier alpha value is -0.160. The highest BCUT2D eigenvalue weighted by atomic mass is 127. The number of hydrogen-bond donors (Lipinski definition) is 1. The quantitative estimate of drug-likeness (QED) is 0.665. The van der Waals surface area contributed by atoms with Crippen molar-refractivity contribution in [2.24, 2.45) is 5.73 Å². The molecule has 1 atom stereocenters. The summed E-state index contributed by atoms with van der Waals surface area (Å²) < 4.78 is 1.03. The topological polar surface area (TPSA) is 38.9 Å². The van der Waals surface area contributed by atoms with E-state index < -0.39 is 0 Å². The van der Waals surface area contributed by atoms with E-state index in [1.54, 1.807) is 0 Å². The third kappa shape index (κ3) is 2.17. The molecule has 0 spiro atoms. The van der Waals surface area contributed by atoms with Crippen molar-refractivity contribution in [2.45, 2.75) is 26.3 Å². The van der Waals surface area contributed by atoms with Crippen molar-refractivity contribution >= 4 is 22.6 Å². The van der Waals surface area contributed by atoms with Crippen LogP contribution in [0.15, 0.2) is 12.3 Å². The highest BCUT2D eigenvalue weighted by Gasteiger charge is 2.06. The zero-order valence-corrected chi connectivity index (χ0v) is 9.50. The molecular weight excluding hydrogens is 263 g/mol. The van der Waals surface area contributed by atoms with Crippen LogP contribution in [0.3, 0.4) is 0 Å². The lowest BCUT2D eigenvalue weighted by molar-refractivity contribution is 0.689. The fraction of sp³-hybridized carbons (Fsp3) is 0.444. The number of aromatic nitrogens is 1. The normalized spacial score (nSPS) is 13.0. The van der Waals surface area contributed by atoms with Gasteiger partial charge in [0.25, 0.3) is 0 Å². The molecule has 1 heterocycles. The van der Waals surface area contributed by atoms with Gasteiger partial charge >= 0.3 is 0 Å². The molecule has 0 unspecified atom stereocenters. The third-order valence-electron chi connectivity index (χ3n) is 1.96. The predicted octanol–water partition coefficient (Wildman–Crippen LogP) is 2.40. The van der Waals surface area contributed by atoms with E-state index >= 15 is 0 Å². The van der Waals surface area contributed by atoms with Gasteiger partial charge in [-0.1, -0.05) is 6.92 Å². The Kier molecular flexibility index (Phi) is 3.46. The lowest BCUT2D eigenvalue weighted by atomic mass is 10.0. The molecule has 0 aliphatic carbocycles. The van der Waals surface area contributed by atoms with Gasteiger partial charge in [-0.15, -0.1) is 0 Å². The minimum Gasteiger partial charge on any atom is -0.324 e. The van der Waals surface area contributed by atoms with Crippen molar-refractivity contribution in [1.29, 1.82) is 0 Å². The molecule has 2 nitrogen and oxygen atoms in total. The van der Waals surface area contributed by atoms with Crippen LogP contribution >= 0.6 is 22.6 Å². The standard InChI is InChI=1S/C9H13IN2/c1-3-8(11)7-5-12-9(10)4-6(7)2/h4-5,8H,3,11H2,1-2H3/t8-/m1/s1. The molecule has 0 saturated carbocycles. The van der Waals surface area contributed by atoms with Crippen LogP contribution in [0.1, 0.15) is 30.5 Å². The van der Waals surface area contributed by atoms with Gasteiger partial charge in [-0.25, -0.2) is 4.98 Å². The monoisotopic (exact) mass is 276 g/mol.